The zero-order chi connectivity index (χ0) is 20.6. The monoisotopic (exact) mass is 408 g/mol. The molecule has 3 aromatic rings. The molecule has 0 saturated heterocycles. The van der Waals surface area contributed by atoms with Crippen LogP contribution in [0.4, 0.5) is 5.82 Å². The molecular formula is C20H16N4O4S. The first-order valence-electron chi connectivity index (χ1n) is 8.72. The lowest BCUT2D eigenvalue weighted by Gasteiger charge is -2.14. The number of hydrogen-bond acceptors (Lipinski definition) is 6. The molecule has 4 rings (SSSR count). The third-order valence-electron chi connectivity index (χ3n) is 4.43. The Bertz CT molecular complexity index is 1190. The molecule has 9 heteroatoms. The van der Waals surface area contributed by atoms with E-state index in [4.69, 9.17) is 0 Å². The lowest BCUT2D eigenvalue weighted by molar-refractivity contribution is 0.0640. The Labute approximate surface area is 167 Å². The van der Waals surface area contributed by atoms with Gasteiger partial charge in [0, 0.05) is 11.9 Å². The van der Waals surface area contributed by atoms with Gasteiger partial charge in [-0.2, -0.15) is 0 Å². The molecule has 0 spiro atoms. The number of rotatable bonds is 5. The van der Waals surface area contributed by atoms with Crippen LogP contribution >= 0.6 is 0 Å². The molecule has 0 aliphatic carbocycles. The molecule has 146 valence electrons. The lowest BCUT2D eigenvalue weighted by atomic mass is 10.2. The summed E-state index contributed by atoms with van der Waals surface area (Å²) in [7, 11) is -3.81. The molecule has 8 nitrogen and oxygen atoms in total. The first-order valence-corrected chi connectivity index (χ1v) is 10.2. The third-order valence-corrected chi connectivity index (χ3v) is 5.80. The van der Waals surface area contributed by atoms with Gasteiger partial charge in [-0.3, -0.25) is 24.2 Å². The van der Waals surface area contributed by atoms with Crippen LogP contribution in [0.3, 0.4) is 0 Å². The van der Waals surface area contributed by atoms with E-state index < -0.39 is 21.8 Å². The molecule has 1 aliphatic heterocycles. The van der Waals surface area contributed by atoms with Gasteiger partial charge in [0.25, 0.3) is 21.8 Å². The maximum atomic E-state index is 12.5. The van der Waals surface area contributed by atoms with E-state index in [0.29, 0.717) is 11.3 Å². The topological polar surface area (TPSA) is 109 Å². The van der Waals surface area contributed by atoms with Crippen molar-refractivity contribution in [2.24, 2.45) is 0 Å². The number of hydrogen-bond donors (Lipinski definition) is 1. The maximum Gasteiger partial charge on any atom is 0.280 e. The normalized spacial score (nSPS) is 13.5. The van der Waals surface area contributed by atoms with Crippen molar-refractivity contribution in [2.75, 3.05) is 4.72 Å². The molecule has 0 fully saturated rings. The highest BCUT2D eigenvalue weighted by molar-refractivity contribution is 7.92. The molecule has 1 aromatic carbocycles. The second kappa shape index (κ2) is 7.10. The zero-order valence-corrected chi connectivity index (χ0v) is 16.2. The van der Waals surface area contributed by atoms with Gasteiger partial charge >= 0.3 is 0 Å². The van der Waals surface area contributed by atoms with Crippen molar-refractivity contribution in [3.8, 4) is 0 Å². The number of nitrogens with zero attached hydrogens (tertiary/aromatic N) is 3. The Kier molecular flexibility index (Phi) is 4.59. The number of aromatic nitrogens is 2. The molecule has 2 amide bonds. The van der Waals surface area contributed by atoms with E-state index in [1.807, 2.05) is 0 Å². The van der Waals surface area contributed by atoms with Crippen molar-refractivity contribution >= 4 is 27.7 Å². The number of fused-ring (bicyclic) bond motifs is 1. The van der Waals surface area contributed by atoms with Crippen molar-refractivity contribution in [3.05, 3.63) is 83.3 Å². The third kappa shape index (κ3) is 3.59. The minimum Gasteiger partial charge on any atom is -0.268 e. The van der Waals surface area contributed by atoms with Crippen molar-refractivity contribution in [1.82, 2.24) is 14.9 Å². The summed E-state index contributed by atoms with van der Waals surface area (Å²) in [5.74, 6) is -0.649. The Balaban J connectivity index is 1.51. The molecule has 1 N–H and O–H groups in total. The van der Waals surface area contributed by atoms with Crippen LogP contribution in [0.1, 0.15) is 32.1 Å². The quantitative estimate of drug-likeness (QED) is 0.649. The second-order valence-electron chi connectivity index (χ2n) is 6.51. The first kappa shape index (κ1) is 18.8. The number of aryl methyl sites for hydroxylation is 1. The van der Waals surface area contributed by atoms with E-state index >= 15 is 0 Å². The fraction of sp³-hybridized carbons (Fsp3) is 0.100. The molecular weight excluding hydrogens is 392 g/mol. The largest absolute Gasteiger partial charge is 0.280 e. The van der Waals surface area contributed by atoms with Gasteiger partial charge in [-0.15, -0.1) is 0 Å². The lowest BCUT2D eigenvalue weighted by Crippen LogP contribution is -2.29. The fourth-order valence-corrected chi connectivity index (χ4v) is 4.01. The molecule has 0 bridgehead atoms. The molecule has 0 atom stereocenters. The van der Waals surface area contributed by atoms with Crippen LogP contribution in [-0.2, 0) is 16.6 Å². The number of nitrogens with one attached hydrogen (secondary N) is 1. The summed E-state index contributed by atoms with van der Waals surface area (Å²) in [5.41, 5.74) is 1.71. The van der Waals surface area contributed by atoms with E-state index in [9.17, 15) is 18.0 Å². The van der Waals surface area contributed by atoms with Gasteiger partial charge in [0.05, 0.1) is 17.0 Å². The van der Waals surface area contributed by atoms with E-state index in [0.717, 1.165) is 4.90 Å². The molecule has 0 unspecified atom stereocenters. The van der Waals surface area contributed by atoms with Crippen LogP contribution in [0.15, 0.2) is 65.7 Å². The predicted molar refractivity (Wildman–Crippen MR) is 105 cm³/mol. The highest BCUT2D eigenvalue weighted by Gasteiger charge is 2.36. The van der Waals surface area contributed by atoms with Crippen LogP contribution in [0.2, 0.25) is 0 Å². The molecule has 1 aliphatic rings. The first-order chi connectivity index (χ1) is 13.8. The maximum absolute atomic E-state index is 12.5. The summed E-state index contributed by atoms with van der Waals surface area (Å²) >= 11 is 0. The molecule has 2 aromatic heterocycles. The highest BCUT2D eigenvalue weighted by Crippen LogP contribution is 2.23. The van der Waals surface area contributed by atoms with Gasteiger partial charge in [0.15, 0.2) is 0 Å². The van der Waals surface area contributed by atoms with E-state index in [1.54, 1.807) is 49.4 Å². The Morgan fingerprint density at radius 1 is 0.966 bits per heavy atom. The standard InChI is InChI=1S/C20H16N4O4S/c1-13-4-2-6-17(22-13)23-29(27,28)15-9-7-14(8-10-15)12-24-19(25)16-5-3-11-21-18(16)20(24)26/h2-11H,12H2,1H3,(H,22,23). The number of amides is 2. The number of imide groups is 1. The van der Waals surface area contributed by atoms with E-state index in [2.05, 4.69) is 14.7 Å². The minimum atomic E-state index is -3.81. The van der Waals surface area contributed by atoms with Crippen LogP contribution in [0, 0.1) is 6.92 Å². The Morgan fingerprint density at radius 3 is 2.41 bits per heavy atom. The summed E-state index contributed by atoms with van der Waals surface area (Å²) in [5, 5.41) is 0. The Morgan fingerprint density at radius 2 is 1.72 bits per heavy atom. The summed E-state index contributed by atoms with van der Waals surface area (Å²) < 4.78 is 27.5. The average molecular weight is 408 g/mol. The van der Waals surface area contributed by atoms with Gasteiger partial charge in [-0.1, -0.05) is 18.2 Å². The number of benzene rings is 1. The van der Waals surface area contributed by atoms with Gasteiger partial charge in [0.2, 0.25) is 0 Å². The molecule has 29 heavy (non-hydrogen) atoms. The smallest absolute Gasteiger partial charge is 0.268 e. The van der Waals surface area contributed by atoms with Gasteiger partial charge < -0.3 is 0 Å². The van der Waals surface area contributed by atoms with Crippen LogP contribution in [-0.4, -0.2) is 35.1 Å². The molecule has 0 saturated carbocycles. The summed E-state index contributed by atoms with van der Waals surface area (Å²) in [4.78, 5) is 34.1. The van der Waals surface area contributed by atoms with Gasteiger partial charge in [0.1, 0.15) is 11.5 Å². The number of carbonyl (C=O) groups is 2. The van der Waals surface area contributed by atoms with Crippen molar-refractivity contribution < 1.29 is 18.0 Å². The van der Waals surface area contributed by atoms with Crippen LogP contribution in [0.5, 0.6) is 0 Å². The summed E-state index contributed by atoms with van der Waals surface area (Å²) in [6.45, 7) is 1.79. The number of pyridine rings is 2. The summed E-state index contributed by atoms with van der Waals surface area (Å²) in [6.07, 6.45) is 1.46. The predicted octanol–water partition coefficient (Wildman–Crippen LogP) is 2.38. The van der Waals surface area contributed by atoms with Gasteiger partial charge in [-0.05, 0) is 48.9 Å². The SMILES string of the molecule is Cc1cccc(NS(=O)(=O)c2ccc(CN3C(=O)c4cccnc4C3=O)cc2)n1. The second-order valence-corrected chi connectivity index (χ2v) is 8.19. The number of carbonyl (C=O) groups excluding carboxylic acids is 2. The van der Waals surface area contributed by atoms with Crippen LogP contribution < -0.4 is 4.72 Å². The molecule has 3 heterocycles. The highest BCUT2D eigenvalue weighted by atomic mass is 32.2. The molecule has 0 radical (unpaired) electrons. The van der Waals surface area contributed by atoms with Crippen molar-refractivity contribution in [2.45, 2.75) is 18.4 Å². The average Bonchev–Trinajstić information content (AvgIpc) is 2.93. The van der Waals surface area contributed by atoms with E-state index in [-0.39, 0.29) is 28.5 Å². The van der Waals surface area contributed by atoms with Crippen molar-refractivity contribution in [1.29, 1.82) is 0 Å². The minimum absolute atomic E-state index is 0.0290. The van der Waals surface area contributed by atoms with Crippen molar-refractivity contribution in [3.63, 3.8) is 0 Å². The van der Waals surface area contributed by atoms with Gasteiger partial charge in [-0.25, -0.2) is 13.4 Å². The summed E-state index contributed by atoms with van der Waals surface area (Å²) in [6, 6.07) is 14.2. The zero-order valence-electron chi connectivity index (χ0n) is 15.4. The number of sulfonamides is 1. The fourth-order valence-electron chi connectivity index (χ4n) is 3.01. The Hall–Kier alpha value is -3.59. The van der Waals surface area contributed by atoms with Crippen LogP contribution in [0.25, 0.3) is 0 Å². The number of anilines is 1. The van der Waals surface area contributed by atoms with E-state index in [1.165, 1.54) is 18.3 Å².